The van der Waals surface area contributed by atoms with Crippen LogP contribution in [0.25, 0.3) is 10.9 Å². The molecule has 0 bridgehead atoms. The Morgan fingerprint density at radius 1 is 1.22 bits per heavy atom. The number of aromatic nitrogens is 1. The van der Waals surface area contributed by atoms with Crippen molar-refractivity contribution < 1.29 is 14.6 Å². The molecule has 3 rings (SSSR count). The molecule has 2 N–H and O–H groups in total. The lowest BCUT2D eigenvalue weighted by Crippen LogP contribution is -2.21. The Bertz CT molecular complexity index is 1130. The number of fused-ring (bicyclic) bond motifs is 1. The van der Waals surface area contributed by atoms with Gasteiger partial charge in [-0.3, -0.25) is 9.78 Å². The predicted molar refractivity (Wildman–Crippen MR) is 131 cm³/mol. The third-order valence-electron chi connectivity index (χ3n) is 5.00. The summed E-state index contributed by atoms with van der Waals surface area (Å²) in [6, 6.07) is 13.1. The fraction of sp³-hybridized carbons (Fsp3) is 0.292. The van der Waals surface area contributed by atoms with Gasteiger partial charge in [0.05, 0.1) is 24.6 Å². The number of amides is 1. The van der Waals surface area contributed by atoms with Gasteiger partial charge in [0.15, 0.2) is 0 Å². The summed E-state index contributed by atoms with van der Waals surface area (Å²) in [5.41, 5.74) is 5.74. The van der Waals surface area contributed by atoms with Crippen LogP contribution < -0.4 is 15.1 Å². The first kappa shape index (κ1) is 23.4. The number of aromatic hydroxyl groups is 1. The molecule has 0 unspecified atom stereocenters. The van der Waals surface area contributed by atoms with E-state index in [1.807, 2.05) is 37.3 Å². The Balaban J connectivity index is 1.63. The van der Waals surface area contributed by atoms with E-state index in [0.717, 1.165) is 46.0 Å². The number of nitrogens with one attached hydrogen (secondary N) is 1. The largest absolute Gasteiger partial charge is 0.507 e. The minimum Gasteiger partial charge on any atom is -0.507 e. The zero-order chi connectivity index (χ0) is 23.1. The molecule has 0 atom stereocenters. The van der Waals surface area contributed by atoms with Gasteiger partial charge in [-0.05, 0) is 57.2 Å². The summed E-state index contributed by atoms with van der Waals surface area (Å²) in [5.74, 6) is 0.816. The molecule has 32 heavy (non-hydrogen) atoms. The van der Waals surface area contributed by atoms with Gasteiger partial charge in [-0.15, -0.1) is 11.8 Å². The van der Waals surface area contributed by atoms with Crippen LogP contribution in [0.3, 0.4) is 0 Å². The molecule has 8 heteroatoms. The molecule has 0 radical (unpaired) electrons. The zero-order valence-corrected chi connectivity index (χ0v) is 19.6. The lowest BCUT2D eigenvalue weighted by Gasteiger charge is -2.21. The molecule has 0 saturated heterocycles. The highest BCUT2D eigenvalue weighted by Gasteiger charge is 2.10. The number of anilines is 1. The number of thioether (sulfide) groups is 1. The van der Waals surface area contributed by atoms with Crippen LogP contribution in [0.5, 0.6) is 11.5 Å². The highest BCUT2D eigenvalue weighted by atomic mass is 32.2. The summed E-state index contributed by atoms with van der Waals surface area (Å²) in [7, 11) is 1.62. The number of phenols is 1. The van der Waals surface area contributed by atoms with Crippen molar-refractivity contribution in [3.8, 4) is 11.5 Å². The zero-order valence-electron chi connectivity index (χ0n) is 18.8. The van der Waals surface area contributed by atoms with E-state index in [2.05, 4.69) is 34.3 Å². The number of ether oxygens (including phenoxy) is 1. The van der Waals surface area contributed by atoms with E-state index in [9.17, 15) is 9.90 Å². The van der Waals surface area contributed by atoms with E-state index in [1.165, 1.54) is 18.0 Å². The summed E-state index contributed by atoms with van der Waals surface area (Å²) in [5, 5.41) is 15.2. The summed E-state index contributed by atoms with van der Waals surface area (Å²) in [4.78, 5) is 19.9. The van der Waals surface area contributed by atoms with E-state index in [-0.39, 0.29) is 17.4 Å². The molecule has 0 spiro atoms. The van der Waals surface area contributed by atoms with E-state index in [4.69, 9.17) is 4.74 Å². The molecular weight excluding hydrogens is 424 g/mol. The van der Waals surface area contributed by atoms with Crippen molar-refractivity contribution in [1.29, 1.82) is 0 Å². The number of aryl methyl sites for hydroxylation is 1. The van der Waals surface area contributed by atoms with Crippen molar-refractivity contribution in [3.05, 3.63) is 53.7 Å². The number of hydrogen-bond acceptors (Lipinski definition) is 7. The maximum atomic E-state index is 12.3. The first-order valence-electron chi connectivity index (χ1n) is 10.4. The van der Waals surface area contributed by atoms with Crippen LogP contribution in [0.4, 0.5) is 5.69 Å². The first-order chi connectivity index (χ1) is 15.4. The normalized spacial score (nSPS) is 11.1. The average Bonchev–Trinajstić information content (AvgIpc) is 2.79. The Hall–Kier alpha value is -3.26. The van der Waals surface area contributed by atoms with Crippen LogP contribution in [0.1, 0.15) is 25.1 Å². The van der Waals surface area contributed by atoms with Crippen LogP contribution in [0.2, 0.25) is 0 Å². The van der Waals surface area contributed by atoms with Gasteiger partial charge in [-0.1, -0.05) is 0 Å². The summed E-state index contributed by atoms with van der Waals surface area (Å²) < 4.78 is 5.31. The summed E-state index contributed by atoms with van der Waals surface area (Å²) in [6.45, 7) is 7.77. The van der Waals surface area contributed by atoms with Gasteiger partial charge in [0, 0.05) is 46.4 Å². The second-order valence-electron chi connectivity index (χ2n) is 7.14. The van der Waals surface area contributed by atoms with Crippen LogP contribution in [-0.2, 0) is 4.79 Å². The molecule has 1 heterocycles. The Kier molecular flexibility index (Phi) is 7.94. The molecule has 2 aromatic carbocycles. The molecule has 0 aliphatic carbocycles. The van der Waals surface area contributed by atoms with Crippen molar-refractivity contribution in [2.45, 2.75) is 25.7 Å². The highest BCUT2D eigenvalue weighted by molar-refractivity contribution is 8.00. The number of phenolic OH excluding ortho intramolecular Hbond substituents is 1. The smallest absolute Gasteiger partial charge is 0.250 e. The second kappa shape index (κ2) is 10.9. The fourth-order valence-corrected chi connectivity index (χ4v) is 4.25. The average molecular weight is 453 g/mol. The SMILES string of the molecule is CCN(CC)c1ccc(C=NNC(=O)CSc2cc(C)nc3ccc(OC)cc23)c(O)c1. The van der Waals surface area contributed by atoms with E-state index in [0.29, 0.717) is 5.56 Å². The minimum atomic E-state index is -0.240. The van der Waals surface area contributed by atoms with Gasteiger partial charge < -0.3 is 14.7 Å². The van der Waals surface area contributed by atoms with E-state index >= 15 is 0 Å². The number of carbonyl (C=O) groups excluding carboxylic acids is 1. The number of nitrogens with zero attached hydrogens (tertiary/aromatic N) is 3. The lowest BCUT2D eigenvalue weighted by molar-refractivity contribution is -0.118. The second-order valence-corrected chi connectivity index (χ2v) is 8.16. The number of hydrogen-bond donors (Lipinski definition) is 2. The quantitative estimate of drug-likeness (QED) is 0.285. The predicted octanol–water partition coefficient (Wildman–Crippen LogP) is 4.35. The molecule has 168 valence electrons. The third kappa shape index (κ3) is 5.70. The summed E-state index contributed by atoms with van der Waals surface area (Å²) in [6.07, 6.45) is 1.45. The number of pyridine rings is 1. The molecule has 0 saturated carbocycles. The maximum Gasteiger partial charge on any atom is 0.250 e. The van der Waals surface area contributed by atoms with Gasteiger partial charge in [0.1, 0.15) is 11.5 Å². The monoisotopic (exact) mass is 452 g/mol. The Morgan fingerprint density at radius 2 is 2.00 bits per heavy atom. The van der Waals surface area contributed by atoms with E-state index < -0.39 is 0 Å². The van der Waals surface area contributed by atoms with Crippen molar-refractivity contribution in [2.75, 3.05) is 30.9 Å². The first-order valence-corrected chi connectivity index (χ1v) is 11.4. The van der Waals surface area contributed by atoms with Crippen molar-refractivity contribution in [3.63, 3.8) is 0 Å². The standard InChI is InChI=1S/C24H28N4O3S/c1-5-28(6-2)18-8-7-17(22(29)12-18)14-25-27-24(30)15-32-23-11-16(3)26-21-10-9-19(31-4)13-20(21)23/h7-14,29H,5-6,15H2,1-4H3,(H,27,30). The van der Waals surface area contributed by atoms with Crippen molar-refractivity contribution >= 4 is 40.5 Å². The molecule has 1 aromatic heterocycles. The van der Waals surface area contributed by atoms with Crippen LogP contribution in [0, 0.1) is 6.92 Å². The molecule has 0 fully saturated rings. The molecule has 0 aliphatic rings. The van der Waals surface area contributed by atoms with Crippen LogP contribution >= 0.6 is 11.8 Å². The molecular formula is C24H28N4O3S. The Labute approximate surface area is 192 Å². The summed E-state index contributed by atoms with van der Waals surface area (Å²) >= 11 is 1.41. The van der Waals surface area contributed by atoms with Gasteiger partial charge in [0.2, 0.25) is 5.91 Å². The molecule has 0 aliphatic heterocycles. The minimum absolute atomic E-state index is 0.120. The fourth-order valence-electron chi connectivity index (χ4n) is 3.32. The van der Waals surface area contributed by atoms with Gasteiger partial charge in [-0.2, -0.15) is 5.10 Å². The highest BCUT2D eigenvalue weighted by Crippen LogP contribution is 2.30. The van der Waals surface area contributed by atoms with Crippen LogP contribution in [-0.4, -0.2) is 48.2 Å². The van der Waals surface area contributed by atoms with E-state index in [1.54, 1.807) is 19.2 Å². The van der Waals surface area contributed by atoms with Crippen molar-refractivity contribution in [2.24, 2.45) is 5.10 Å². The number of hydrazone groups is 1. The molecule has 1 amide bonds. The molecule has 3 aromatic rings. The topological polar surface area (TPSA) is 87.1 Å². The van der Waals surface area contributed by atoms with Gasteiger partial charge in [-0.25, -0.2) is 5.43 Å². The number of methoxy groups -OCH3 is 1. The maximum absolute atomic E-state index is 12.3. The van der Waals surface area contributed by atoms with Gasteiger partial charge >= 0.3 is 0 Å². The van der Waals surface area contributed by atoms with Gasteiger partial charge in [0.25, 0.3) is 0 Å². The number of carbonyl (C=O) groups is 1. The van der Waals surface area contributed by atoms with Crippen LogP contribution in [0.15, 0.2) is 52.5 Å². The van der Waals surface area contributed by atoms with Crippen molar-refractivity contribution in [1.82, 2.24) is 10.4 Å². The lowest BCUT2D eigenvalue weighted by atomic mass is 10.2. The third-order valence-corrected chi connectivity index (χ3v) is 6.06. The molecule has 7 nitrogen and oxygen atoms in total. The number of benzene rings is 2. The number of rotatable bonds is 9. The Morgan fingerprint density at radius 3 is 2.69 bits per heavy atom.